The first-order valence-electron chi connectivity index (χ1n) is 6.29. The Kier molecular flexibility index (Phi) is 3.12. The van der Waals surface area contributed by atoms with E-state index in [9.17, 15) is 4.91 Å². The van der Waals surface area contributed by atoms with E-state index in [1.165, 1.54) is 6.20 Å². The maximum absolute atomic E-state index is 11.6. The highest BCUT2D eigenvalue weighted by molar-refractivity contribution is 5.88. The molecule has 100 valence electrons. The number of benzene rings is 1. The average Bonchev–Trinajstić information content (AvgIpc) is 2.88. The first kappa shape index (κ1) is 12.3. The zero-order valence-corrected chi connectivity index (χ0v) is 10.9. The lowest BCUT2D eigenvalue weighted by Crippen LogP contribution is -2.27. The lowest BCUT2D eigenvalue weighted by Gasteiger charge is -2.04. The molecule has 0 bridgehead atoms. The summed E-state index contributed by atoms with van der Waals surface area (Å²) in [7, 11) is 0. The standard InChI is InChI=1S/C14H14N5O/c1-10(13-8-4-5-9-19(13)20)17-18-14-15-11-6-2-3-7-12(11)16-14/h2-9,13H,1H3,(H2,15,16,18)/q+1/b17-10+. The van der Waals surface area contributed by atoms with Gasteiger partial charge in [-0.2, -0.15) is 5.10 Å². The van der Waals surface area contributed by atoms with Crippen molar-refractivity contribution in [3.05, 3.63) is 53.6 Å². The van der Waals surface area contributed by atoms with E-state index in [1.807, 2.05) is 30.3 Å². The quantitative estimate of drug-likeness (QED) is 0.510. The van der Waals surface area contributed by atoms with Crippen molar-refractivity contribution in [1.29, 1.82) is 0 Å². The largest absolute Gasteiger partial charge is 0.323 e. The normalized spacial score (nSPS) is 18.8. The Hall–Kier alpha value is -2.76. The summed E-state index contributed by atoms with van der Waals surface area (Å²) in [5, 5.41) is 4.21. The third kappa shape index (κ3) is 2.35. The number of H-pyrrole nitrogens is 1. The lowest BCUT2D eigenvalue weighted by atomic mass is 10.1. The van der Waals surface area contributed by atoms with Crippen LogP contribution in [0.3, 0.4) is 0 Å². The summed E-state index contributed by atoms with van der Waals surface area (Å²) in [5.74, 6) is 0.554. The molecule has 20 heavy (non-hydrogen) atoms. The number of para-hydroxylation sites is 2. The van der Waals surface area contributed by atoms with Crippen molar-refractivity contribution in [1.82, 2.24) is 9.97 Å². The summed E-state index contributed by atoms with van der Waals surface area (Å²) in [5.41, 5.74) is 5.33. The van der Waals surface area contributed by atoms with E-state index in [1.54, 1.807) is 19.1 Å². The molecule has 1 aromatic carbocycles. The second kappa shape index (κ2) is 5.08. The van der Waals surface area contributed by atoms with Crippen LogP contribution in [0.25, 0.3) is 11.0 Å². The Bertz CT molecular complexity index is 708. The van der Waals surface area contributed by atoms with Crippen molar-refractivity contribution in [2.75, 3.05) is 5.43 Å². The van der Waals surface area contributed by atoms with Crippen molar-refractivity contribution < 1.29 is 4.76 Å². The molecule has 1 aliphatic heterocycles. The topological polar surface area (TPSA) is 73.2 Å². The van der Waals surface area contributed by atoms with E-state index >= 15 is 0 Å². The van der Waals surface area contributed by atoms with Crippen LogP contribution in [0, 0.1) is 4.91 Å². The predicted molar refractivity (Wildman–Crippen MR) is 78.5 cm³/mol. The van der Waals surface area contributed by atoms with Gasteiger partial charge in [-0.3, -0.25) is 0 Å². The van der Waals surface area contributed by atoms with Crippen LogP contribution in [0.5, 0.6) is 0 Å². The van der Waals surface area contributed by atoms with E-state index < -0.39 is 0 Å². The third-order valence-electron chi connectivity index (χ3n) is 3.07. The van der Waals surface area contributed by atoms with Crippen LogP contribution in [0.15, 0.2) is 53.8 Å². The molecule has 1 unspecified atom stereocenters. The number of rotatable bonds is 3. The molecule has 6 heteroatoms. The van der Waals surface area contributed by atoms with Gasteiger partial charge in [0.25, 0.3) is 6.04 Å². The molecule has 3 rings (SSSR count). The molecule has 6 nitrogen and oxygen atoms in total. The van der Waals surface area contributed by atoms with E-state index in [4.69, 9.17) is 0 Å². The zero-order chi connectivity index (χ0) is 13.9. The molecule has 0 aliphatic carbocycles. The molecule has 1 atom stereocenters. The van der Waals surface area contributed by atoms with Gasteiger partial charge in [-0.25, -0.2) is 10.4 Å². The molecule has 1 aromatic heterocycles. The number of anilines is 1. The van der Waals surface area contributed by atoms with E-state index in [-0.39, 0.29) is 6.04 Å². The number of hydrazone groups is 1. The van der Waals surface area contributed by atoms with Crippen LogP contribution in [-0.2, 0) is 0 Å². The van der Waals surface area contributed by atoms with Gasteiger partial charge in [0.2, 0.25) is 12.1 Å². The fourth-order valence-corrected chi connectivity index (χ4v) is 2.02. The molecule has 2 N–H and O–H groups in total. The molecule has 1 aliphatic rings. The highest BCUT2D eigenvalue weighted by atomic mass is 16.3. The Labute approximate surface area is 115 Å². The smallest absolute Gasteiger partial charge is 0.265 e. The van der Waals surface area contributed by atoms with Crippen LogP contribution < -0.4 is 5.43 Å². The zero-order valence-electron chi connectivity index (χ0n) is 10.9. The monoisotopic (exact) mass is 268 g/mol. The van der Waals surface area contributed by atoms with Crippen LogP contribution in [0.2, 0.25) is 0 Å². The number of aromatic nitrogens is 2. The molecular formula is C14H14N5O+. The highest BCUT2D eigenvalue weighted by Crippen LogP contribution is 2.13. The summed E-state index contributed by atoms with van der Waals surface area (Å²) in [6.45, 7) is 1.80. The minimum atomic E-state index is -0.378. The Balaban J connectivity index is 1.77. The van der Waals surface area contributed by atoms with Crippen molar-refractivity contribution >= 4 is 22.7 Å². The molecule has 2 heterocycles. The maximum Gasteiger partial charge on any atom is 0.265 e. The van der Waals surface area contributed by atoms with Gasteiger partial charge in [-0.15, -0.1) is 0 Å². The van der Waals surface area contributed by atoms with Crippen molar-refractivity contribution in [3.63, 3.8) is 0 Å². The SMILES string of the molecule is C/C(=N\Nc1nc2ccccc2[nH]1)C1C=CC=C[N+]1=O. The van der Waals surface area contributed by atoms with E-state index in [0.29, 0.717) is 11.7 Å². The van der Waals surface area contributed by atoms with Crippen molar-refractivity contribution in [2.24, 2.45) is 5.10 Å². The summed E-state index contributed by atoms with van der Waals surface area (Å²) in [6.07, 6.45) is 6.81. The van der Waals surface area contributed by atoms with Crippen molar-refractivity contribution in [2.45, 2.75) is 13.0 Å². The van der Waals surface area contributed by atoms with Crippen LogP contribution in [0.1, 0.15) is 6.92 Å². The fraction of sp³-hybridized carbons (Fsp3) is 0.143. The highest BCUT2D eigenvalue weighted by Gasteiger charge is 2.25. The van der Waals surface area contributed by atoms with Crippen LogP contribution >= 0.6 is 0 Å². The molecule has 0 spiro atoms. The Morgan fingerprint density at radius 3 is 3.05 bits per heavy atom. The number of fused-ring (bicyclic) bond motifs is 1. The van der Waals surface area contributed by atoms with Gasteiger partial charge in [-0.1, -0.05) is 18.2 Å². The van der Waals surface area contributed by atoms with Gasteiger partial charge < -0.3 is 4.98 Å². The maximum atomic E-state index is 11.6. The van der Waals surface area contributed by atoms with E-state index in [2.05, 4.69) is 20.5 Å². The number of nitrogens with one attached hydrogen (secondary N) is 2. The molecule has 0 amide bonds. The molecule has 0 saturated carbocycles. The molecular weight excluding hydrogens is 254 g/mol. The number of aromatic amines is 1. The molecule has 0 fully saturated rings. The average molecular weight is 268 g/mol. The van der Waals surface area contributed by atoms with Gasteiger partial charge in [0.15, 0.2) is 0 Å². The first-order chi connectivity index (χ1) is 9.74. The second-order valence-electron chi connectivity index (χ2n) is 4.50. The third-order valence-corrected chi connectivity index (χ3v) is 3.07. The van der Waals surface area contributed by atoms with Gasteiger partial charge in [0.1, 0.15) is 5.71 Å². The number of nitroso groups, excluding NO2 is 1. The first-order valence-corrected chi connectivity index (χ1v) is 6.29. The number of hydrogen-bond acceptors (Lipinski definition) is 4. The Morgan fingerprint density at radius 1 is 1.40 bits per heavy atom. The minimum absolute atomic E-state index is 0.378. The van der Waals surface area contributed by atoms with Gasteiger partial charge in [0, 0.05) is 15.7 Å². The number of imidazole rings is 1. The Morgan fingerprint density at radius 2 is 2.25 bits per heavy atom. The molecule has 0 radical (unpaired) electrons. The minimum Gasteiger partial charge on any atom is -0.323 e. The predicted octanol–water partition coefficient (Wildman–Crippen LogP) is 2.58. The summed E-state index contributed by atoms with van der Waals surface area (Å²) < 4.78 is 0.860. The van der Waals surface area contributed by atoms with Crippen molar-refractivity contribution in [3.8, 4) is 0 Å². The van der Waals surface area contributed by atoms with Gasteiger partial charge >= 0.3 is 0 Å². The lowest BCUT2D eigenvalue weighted by molar-refractivity contribution is -0.491. The fourth-order valence-electron chi connectivity index (χ4n) is 2.02. The van der Waals surface area contributed by atoms with Gasteiger partial charge in [0.05, 0.1) is 11.0 Å². The van der Waals surface area contributed by atoms with Gasteiger partial charge in [-0.05, 0) is 25.1 Å². The second-order valence-corrected chi connectivity index (χ2v) is 4.50. The summed E-state index contributed by atoms with van der Waals surface area (Å²) >= 11 is 0. The molecule has 2 aromatic rings. The summed E-state index contributed by atoms with van der Waals surface area (Å²) in [6, 6.07) is 7.35. The van der Waals surface area contributed by atoms with Crippen LogP contribution in [0.4, 0.5) is 5.95 Å². The number of hydrogen-bond donors (Lipinski definition) is 2. The van der Waals surface area contributed by atoms with E-state index in [0.717, 1.165) is 15.8 Å². The number of allylic oxidation sites excluding steroid dienone is 2. The summed E-state index contributed by atoms with van der Waals surface area (Å²) in [4.78, 5) is 19.1. The molecule has 0 saturated heterocycles. The van der Waals surface area contributed by atoms with Crippen LogP contribution in [-0.4, -0.2) is 26.5 Å². The number of nitrogens with zero attached hydrogens (tertiary/aromatic N) is 3.